The Kier molecular flexibility index (Phi) is 5.92. The van der Waals surface area contributed by atoms with Crippen LogP contribution in [0.4, 0.5) is 5.95 Å². The van der Waals surface area contributed by atoms with E-state index >= 15 is 0 Å². The Morgan fingerprint density at radius 2 is 2.14 bits per heavy atom. The Hall–Kier alpha value is -1.69. The molecule has 0 atom stereocenters. The maximum atomic E-state index is 12.1. The van der Waals surface area contributed by atoms with Gasteiger partial charge in [0.05, 0.1) is 0 Å². The monoisotopic (exact) mass is 292 g/mol. The molecule has 1 saturated heterocycles. The van der Waals surface area contributed by atoms with Gasteiger partial charge in [-0.15, -0.1) is 0 Å². The Labute approximate surface area is 125 Å². The lowest BCUT2D eigenvalue weighted by atomic mass is 10.3. The molecule has 1 amide bonds. The summed E-state index contributed by atoms with van der Waals surface area (Å²) in [7, 11) is 0. The number of anilines is 1. The van der Waals surface area contributed by atoms with Gasteiger partial charge in [0.15, 0.2) is 0 Å². The zero-order valence-electron chi connectivity index (χ0n) is 12.9. The first-order chi connectivity index (χ1) is 10.2. The number of nitrogens with zero attached hydrogens (tertiary/aromatic N) is 3. The van der Waals surface area contributed by atoms with Crippen LogP contribution in [-0.4, -0.2) is 48.7 Å². The van der Waals surface area contributed by atoms with Gasteiger partial charge in [0, 0.05) is 38.5 Å². The van der Waals surface area contributed by atoms with Crippen LogP contribution in [0, 0.1) is 6.92 Å². The molecule has 0 aromatic carbocycles. The molecular weight excluding hydrogens is 268 g/mol. The average Bonchev–Trinajstić information content (AvgIpc) is 3.00. The Morgan fingerprint density at radius 3 is 2.86 bits per heavy atom. The van der Waals surface area contributed by atoms with Crippen LogP contribution in [0.1, 0.15) is 42.4 Å². The Morgan fingerprint density at radius 1 is 1.38 bits per heavy atom. The summed E-state index contributed by atoms with van der Waals surface area (Å²) in [6.45, 7) is 7.77. The maximum Gasteiger partial charge on any atom is 0.270 e. The first-order valence-corrected chi connectivity index (χ1v) is 7.67. The number of hydrogen-bond acceptors (Lipinski definition) is 5. The molecular formula is C15H24N4O2. The molecule has 116 valence electrons. The van der Waals surface area contributed by atoms with Gasteiger partial charge in [-0.1, -0.05) is 0 Å². The molecule has 0 saturated carbocycles. The van der Waals surface area contributed by atoms with E-state index in [-0.39, 0.29) is 5.91 Å². The summed E-state index contributed by atoms with van der Waals surface area (Å²) in [5.41, 5.74) is 1.27. The van der Waals surface area contributed by atoms with Crippen LogP contribution in [0.2, 0.25) is 0 Å². The van der Waals surface area contributed by atoms with E-state index < -0.39 is 0 Å². The minimum Gasteiger partial charge on any atom is -0.382 e. The van der Waals surface area contributed by atoms with Crippen LogP contribution in [0.25, 0.3) is 0 Å². The smallest absolute Gasteiger partial charge is 0.270 e. The van der Waals surface area contributed by atoms with Crippen molar-refractivity contribution in [2.45, 2.75) is 33.1 Å². The minimum absolute atomic E-state index is 0.141. The number of aromatic nitrogens is 2. The third-order valence-electron chi connectivity index (χ3n) is 3.42. The third-order valence-corrected chi connectivity index (χ3v) is 3.42. The van der Waals surface area contributed by atoms with Crippen molar-refractivity contribution in [2.24, 2.45) is 0 Å². The van der Waals surface area contributed by atoms with Crippen LogP contribution >= 0.6 is 0 Å². The van der Waals surface area contributed by atoms with Crippen LogP contribution in [0.5, 0.6) is 0 Å². The summed E-state index contributed by atoms with van der Waals surface area (Å²) in [6.07, 6.45) is 3.13. The fourth-order valence-electron chi connectivity index (χ4n) is 2.34. The van der Waals surface area contributed by atoms with E-state index in [0.29, 0.717) is 31.4 Å². The normalized spacial score (nSPS) is 14.5. The molecule has 1 fully saturated rings. The van der Waals surface area contributed by atoms with Crippen molar-refractivity contribution in [3.63, 3.8) is 0 Å². The highest BCUT2D eigenvalue weighted by Gasteiger charge is 2.17. The van der Waals surface area contributed by atoms with E-state index in [2.05, 4.69) is 20.2 Å². The van der Waals surface area contributed by atoms with Crippen molar-refractivity contribution in [2.75, 3.05) is 37.7 Å². The topological polar surface area (TPSA) is 67.3 Å². The molecule has 1 aliphatic rings. The van der Waals surface area contributed by atoms with Crippen molar-refractivity contribution in [1.29, 1.82) is 0 Å². The standard InChI is InChI=1S/C15H24N4O2/c1-3-21-10-6-7-16-14(20)13-11-12(2)17-15(18-13)19-8-4-5-9-19/h11H,3-10H2,1-2H3,(H,16,20). The van der Waals surface area contributed by atoms with Gasteiger partial charge in [0.2, 0.25) is 5.95 Å². The second-order valence-electron chi connectivity index (χ2n) is 5.20. The quantitative estimate of drug-likeness (QED) is 0.772. The summed E-state index contributed by atoms with van der Waals surface area (Å²) in [5.74, 6) is 0.532. The zero-order valence-corrected chi connectivity index (χ0v) is 12.9. The van der Waals surface area contributed by atoms with E-state index in [4.69, 9.17) is 4.74 Å². The Balaban J connectivity index is 1.93. The molecule has 6 nitrogen and oxygen atoms in total. The zero-order chi connectivity index (χ0) is 15.1. The van der Waals surface area contributed by atoms with Crippen molar-refractivity contribution >= 4 is 11.9 Å². The van der Waals surface area contributed by atoms with Crippen LogP contribution in [0.15, 0.2) is 6.07 Å². The van der Waals surface area contributed by atoms with Gasteiger partial charge in [-0.05, 0) is 39.2 Å². The summed E-state index contributed by atoms with van der Waals surface area (Å²) < 4.78 is 5.24. The van der Waals surface area contributed by atoms with Gasteiger partial charge >= 0.3 is 0 Å². The first-order valence-electron chi connectivity index (χ1n) is 7.67. The molecule has 2 rings (SSSR count). The van der Waals surface area contributed by atoms with Gasteiger partial charge in [0.1, 0.15) is 5.69 Å². The number of hydrogen-bond donors (Lipinski definition) is 1. The molecule has 1 aliphatic heterocycles. The van der Waals surface area contributed by atoms with E-state index in [1.807, 2.05) is 13.8 Å². The van der Waals surface area contributed by atoms with E-state index in [9.17, 15) is 4.79 Å². The lowest BCUT2D eigenvalue weighted by Gasteiger charge is -2.16. The van der Waals surface area contributed by atoms with Gasteiger partial charge in [-0.25, -0.2) is 9.97 Å². The van der Waals surface area contributed by atoms with Crippen molar-refractivity contribution < 1.29 is 9.53 Å². The molecule has 0 bridgehead atoms. The SMILES string of the molecule is CCOCCCNC(=O)c1cc(C)nc(N2CCCC2)n1. The lowest BCUT2D eigenvalue weighted by Crippen LogP contribution is -2.28. The molecule has 1 aromatic rings. The summed E-state index contributed by atoms with van der Waals surface area (Å²) in [4.78, 5) is 23.1. The highest BCUT2D eigenvalue weighted by molar-refractivity contribution is 5.92. The van der Waals surface area contributed by atoms with Gasteiger partial charge in [0.25, 0.3) is 5.91 Å². The number of carbonyl (C=O) groups excluding carboxylic acids is 1. The van der Waals surface area contributed by atoms with E-state index in [1.165, 1.54) is 0 Å². The molecule has 2 heterocycles. The number of rotatable bonds is 7. The number of aryl methyl sites for hydroxylation is 1. The van der Waals surface area contributed by atoms with Crippen molar-refractivity contribution in [3.8, 4) is 0 Å². The molecule has 0 unspecified atom stereocenters. The van der Waals surface area contributed by atoms with Gasteiger partial charge in [-0.2, -0.15) is 0 Å². The molecule has 0 aliphatic carbocycles. The molecule has 6 heteroatoms. The summed E-state index contributed by atoms with van der Waals surface area (Å²) in [5, 5.41) is 2.88. The number of nitrogens with one attached hydrogen (secondary N) is 1. The fourth-order valence-corrected chi connectivity index (χ4v) is 2.34. The average molecular weight is 292 g/mol. The van der Waals surface area contributed by atoms with Crippen molar-refractivity contribution in [1.82, 2.24) is 15.3 Å². The fraction of sp³-hybridized carbons (Fsp3) is 0.667. The minimum atomic E-state index is -0.141. The molecule has 1 N–H and O–H groups in total. The number of ether oxygens (including phenoxy) is 1. The predicted octanol–water partition coefficient (Wildman–Crippen LogP) is 1.54. The molecule has 0 radical (unpaired) electrons. The van der Waals surface area contributed by atoms with Crippen molar-refractivity contribution in [3.05, 3.63) is 17.5 Å². The molecule has 0 spiro atoms. The van der Waals surface area contributed by atoms with Gasteiger partial charge < -0.3 is 15.0 Å². The second kappa shape index (κ2) is 7.93. The van der Waals surface area contributed by atoms with Gasteiger partial charge in [-0.3, -0.25) is 4.79 Å². The molecule has 21 heavy (non-hydrogen) atoms. The number of amides is 1. The van der Waals surface area contributed by atoms with E-state index in [1.54, 1.807) is 6.07 Å². The summed E-state index contributed by atoms with van der Waals surface area (Å²) in [6, 6.07) is 1.73. The van der Waals surface area contributed by atoms with Crippen LogP contribution in [0.3, 0.4) is 0 Å². The maximum absolute atomic E-state index is 12.1. The highest BCUT2D eigenvalue weighted by Crippen LogP contribution is 2.16. The number of carbonyl (C=O) groups is 1. The first kappa shape index (κ1) is 15.7. The highest BCUT2D eigenvalue weighted by atomic mass is 16.5. The summed E-state index contributed by atoms with van der Waals surface area (Å²) >= 11 is 0. The van der Waals surface area contributed by atoms with Crippen LogP contribution < -0.4 is 10.2 Å². The lowest BCUT2D eigenvalue weighted by molar-refractivity contribution is 0.0939. The Bertz CT molecular complexity index is 473. The second-order valence-corrected chi connectivity index (χ2v) is 5.20. The van der Waals surface area contributed by atoms with Crippen LogP contribution in [-0.2, 0) is 4.74 Å². The largest absolute Gasteiger partial charge is 0.382 e. The predicted molar refractivity (Wildman–Crippen MR) is 81.7 cm³/mol. The van der Waals surface area contributed by atoms with E-state index in [0.717, 1.165) is 38.0 Å². The molecule has 1 aromatic heterocycles. The third kappa shape index (κ3) is 4.67.